The molecule has 3 aliphatic heterocycles. The molecule has 0 aliphatic carbocycles. The van der Waals surface area contributed by atoms with E-state index >= 15 is 0 Å². The van der Waals surface area contributed by atoms with Crippen LogP contribution in [0.25, 0.3) is 31.3 Å². The van der Waals surface area contributed by atoms with Crippen LogP contribution in [0.3, 0.4) is 0 Å². The number of ether oxygens (including phenoxy) is 3. The van der Waals surface area contributed by atoms with Gasteiger partial charge < -0.3 is 40.0 Å². The summed E-state index contributed by atoms with van der Waals surface area (Å²) in [7, 11) is 4.32. The third-order valence-electron chi connectivity index (χ3n) is 13.9. The summed E-state index contributed by atoms with van der Waals surface area (Å²) in [6.45, 7) is 16.5. The number of thiazole rings is 3. The van der Waals surface area contributed by atoms with Gasteiger partial charge in [0.2, 0.25) is 11.8 Å². The van der Waals surface area contributed by atoms with E-state index in [-0.39, 0.29) is 0 Å². The Balaban J connectivity index is 0.000000140. The lowest BCUT2D eigenvalue weighted by Crippen LogP contribution is -2.42. The van der Waals surface area contributed by atoms with Gasteiger partial charge in [0, 0.05) is 130 Å². The number of aromatic nitrogens is 12. The molecule has 0 bridgehead atoms. The van der Waals surface area contributed by atoms with Gasteiger partial charge in [0.25, 0.3) is 0 Å². The SMILES string of the molecule is Cc1nc(Nc2ncc(-c3cccnc3)s2)cc(N2CCC(N(C)C)CC2)n1.Cc1nc(Nc2ncc(-c3cccnc3)s2)cc(OCCN2CCCCC2)n1.Cc1nc(Nc2ncc(-c3ccncc3)s2)cc(OCCN2CCOCC2)n1. The standard InChI is InChI=1S/C20H25N7S.C20H24N6OS.C19H22N6O2S/c1-14-23-18(11-19(24-14)27-9-6-16(7-10-27)26(2)3)25-20-22-13-17(28-20)15-5-4-8-21-12-15;1-15-23-18(12-19(24-15)27-11-10-26-8-3-2-4-9-26)25-20-22-14-17(28-20)16-6-5-7-21-13-16;1-14-22-17(12-18(23-14)27-11-8-25-6-9-26-10-7-25)24-19-21-13-16(28-19)15-2-4-20-5-3-15/h4-5,8,11-13,16H,6-7,9-10H2,1-3H3,(H,22,23,24,25);5-7,12-14H,2-4,8-11H2,1H3,(H,22,23,24,25);2-5,12-13H,6-11H2,1H3,(H,21,22,23,24). The fourth-order valence-electron chi connectivity index (χ4n) is 9.57. The van der Waals surface area contributed by atoms with E-state index in [1.807, 2.05) is 100 Å². The van der Waals surface area contributed by atoms with Gasteiger partial charge in [-0.3, -0.25) is 24.8 Å². The fourth-order valence-corrected chi connectivity index (χ4v) is 12.0. The van der Waals surface area contributed by atoms with E-state index in [0.29, 0.717) is 54.3 Å². The Morgan fingerprint density at radius 2 is 1.00 bits per heavy atom. The number of rotatable bonds is 19. The van der Waals surface area contributed by atoms with E-state index in [9.17, 15) is 0 Å². The van der Waals surface area contributed by atoms with Crippen molar-refractivity contribution in [3.8, 4) is 43.1 Å². The number of aryl methyl sites for hydroxylation is 3. The third kappa shape index (κ3) is 17.9. The first-order valence-electron chi connectivity index (χ1n) is 28.3. The van der Waals surface area contributed by atoms with Gasteiger partial charge in [0.05, 0.1) is 27.8 Å². The zero-order valence-electron chi connectivity index (χ0n) is 48.1. The Hall–Kier alpha value is -7.78. The van der Waals surface area contributed by atoms with Crippen molar-refractivity contribution in [2.75, 3.05) is 114 Å². The molecule has 0 unspecified atom stereocenters. The molecule has 9 aromatic heterocycles. The van der Waals surface area contributed by atoms with Crippen molar-refractivity contribution < 1.29 is 14.2 Å². The fraction of sp³-hybridized carbons (Fsp3) is 0.390. The minimum Gasteiger partial charge on any atom is -0.476 e. The van der Waals surface area contributed by atoms with Gasteiger partial charge in [-0.1, -0.05) is 52.6 Å². The average molecular weight is 1190 g/mol. The molecular formula is C59H71N19O3S3. The molecule has 0 radical (unpaired) electrons. The first-order chi connectivity index (χ1) is 41.1. The molecular weight excluding hydrogens is 1120 g/mol. The summed E-state index contributed by atoms with van der Waals surface area (Å²) in [5.74, 6) is 6.36. The lowest BCUT2D eigenvalue weighted by atomic mass is 10.0. The quantitative estimate of drug-likeness (QED) is 0.0683. The highest BCUT2D eigenvalue weighted by atomic mass is 32.1. The Labute approximate surface area is 502 Å². The summed E-state index contributed by atoms with van der Waals surface area (Å²) in [6.07, 6.45) is 22.5. The molecule has 0 amide bonds. The second-order valence-corrected chi connectivity index (χ2v) is 23.4. The topological polar surface area (TPSA) is 231 Å². The van der Waals surface area contributed by atoms with Crippen LogP contribution in [0.5, 0.6) is 11.8 Å². The Morgan fingerprint density at radius 1 is 0.524 bits per heavy atom. The third-order valence-corrected chi connectivity index (χ3v) is 16.8. The zero-order valence-corrected chi connectivity index (χ0v) is 50.5. The lowest BCUT2D eigenvalue weighted by Gasteiger charge is -2.35. The largest absolute Gasteiger partial charge is 0.476 e. The number of pyridine rings is 3. The summed E-state index contributed by atoms with van der Waals surface area (Å²) in [5.41, 5.74) is 3.21. The van der Waals surface area contributed by atoms with Crippen LogP contribution in [0, 0.1) is 20.8 Å². The Bertz CT molecular complexity index is 3280. The molecule has 25 heteroatoms. The number of nitrogens with one attached hydrogen (secondary N) is 3. The van der Waals surface area contributed by atoms with Gasteiger partial charge in [-0.25, -0.2) is 34.9 Å². The molecule has 438 valence electrons. The molecule has 0 atom stereocenters. The molecule has 22 nitrogen and oxygen atoms in total. The van der Waals surface area contributed by atoms with E-state index in [2.05, 4.69) is 109 Å². The molecule has 3 N–H and O–H groups in total. The van der Waals surface area contributed by atoms with Crippen LogP contribution in [0.2, 0.25) is 0 Å². The van der Waals surface area contributed by atoms with Crippen LogP contribution in [0.1, 0.15) is 49.6 Å². The highest BCUT2D eigenvalue weighted by Gasteiger charge is 2.23. The van der Waals surface area contributed by atoms with Gasteiger partial charge in [0.15, 0.2) is 15.4 Å². The molecule has 0 spiro atoms. The molecule has 3 fully saturated rings. The van der Waals surface area contributed by atoms with Crippen LogP contribution in [-0.2, 0) is 4.74 Å². The van der Waals surface area contributed by atoms with E-state index in [0.717, 1.165) is 130 Å². The Morgan fingerprint density at radius 3 is 1.49 bits per heavy atom. The summed E-state index contributed by atoms with van der Waals surface area (Å²) in [6, 6.07) is 18.1. The van der Waals surface area contributed by atoms with Gasteiger partial charge in [-0.2, -0.15) is 9.97 Å². The number of hydrogen-bond donors (Lipinski definition) is 3. The molecule has 84 heavy (non-hydrogen) atoms. The Kier molecular flexibility index (Phi) is 21.3. The van der Waals surface area contributed by atoms with Gasteiger partial charge in [-0.15, -0.1) is 0 Å². The number of piperidine rings is 2. The van der Waals surface area contributed by atoms with Gasteiger partial charge in [0.1, 0.15) is 54.0 Å². The second-order valence-electron chi connectivity index (χ2n) is 20.4. The minimum atomic E-state index is 0.564. The van der Waals surface area contributed by atoms with E-state index in [1.165, 1.54) is 32.4 Å². The maximum atomic E-state index is 5.88. The molecule has 0 saturated carbocycles. The molecule has 0 aromatic carbocycles. The molecule has 9 aromatic rings. The summed E-state index contributed by atoms with van der Waals surface area (Å²) in [4.78, 5) is 65.2. The van der Waals surface area contributed by atoms with Crippen LogP contribution >= 0.6 is 34.0 Å². The molecule has 3 aliphatic rings. The summed E-state index contributed by atoms with van der Waals surface area (Å²) < 4.78 is 17.1. The van der Waals surface area contributed by atoms with Crippen LogP contribution in [-0.4, -0.2) is 173 Å². The monoisotopic (exact) mass is 1190 g/mol. The smallest absolute Gasteiger partial charge is 0.218 e. The van der Waals surface area contributed by atoms with Crippen molar-refractivity contribution in [1.29, 1.82) is 0 Å². The number of hydrogen-bond acceptors (Lipinski definition) is 25. The van der Waals surface area contributed by atoms with Crippen molar-refractivity contribution in [2.24, 2.45) is 0 Å². The van der Waals surface area contributed by atoms with Crippen molar-refractivity contribution in [3.63, 3.8) is 0 Å². The molecule has 12 rings (SSSR count). The van der Waals surface area contributed by atoms with Crippen LogP contribution < -0.4 is 30.3 Å². The normalized spacial score (nSPS) is 14.9. The maximum Gasteiger partial charge on any atom is 0.218 e. The van der Waals surface area contributed by atoms with Crippen molar-refractivity contribution in [2.45, 2.75) is 58.9 Å². The van der Waals surface area contributed by atoms with Crippen molar-refractivity contribution >= 4 is 72.7 Å². The number of likely N-dealkylation sites (tertiary alicyclic amines) is 1. The summed E-state index contributed by atoms with van der Waals surface area (Å²) in [5, 5.41) is 12.2. The number of morpholine rings is 1. The van der Waals surface area contributed by atoms with Gasteiger partial charge in [-0.05, 0) is 103 Å². The minimum absolute atomic E-state index is 0.564. The number of anilines is 7. The molecule has 12 heterocycles. The van der Waals surface area contributed by atoms with E-state index < -0.39 is 0 Å². The van der Waals surface area contributed by atoms with Crippen LogP contribution in [0.15, 0.2) is 110 Å². The predicted molar refractivity (Wildman–Crippen MR) is 334 cm³/mol. The van der Waals surface area contributed by atoms with E-state index in [1.54, 1.807) is 64.9 Å². The van der Waals surface area contributed by atoms with Crippen molar-refractivity contribution in [1.82, 2.24) is 74.5 Å². The average Bonchev–Trinajstić information content (AvgIpc) is 4.48. The van der Waals surface area contributed by atoms with Crippen molar-refractivity contribution in [3.05, 3.63) is 128 Å². The predicted octanol–water partition coefficient (Wildman–Crippen LogP) is 10.2. The van der Waals surface area contributed by atoms with Crippen LogP contribution in [0.4, 0.5) is 38.7 Å². The molecule has 3 saturated heterocycles. The van der Waals surface area contributed by atoms with E-state index in [4.69, 9.17) is 14.2 Å². The highest BCUT2D eigenvalue weighted by molar-refractivity contribution is 7.19. The lowest BCUT2D eigenvalue weighted by molar-refractivity contribution is 0.0320. The number of nitrogens with zero attached hydrogens (tertiary/aromatic N) is 16. The first kappa shape index (κ1) is 59.4. The second kappa shape index (κ2) is 30.2. The maximum absolute atomic E-state index is 5.88. The highest BCUT2D eigenvalue weighted by Crippen LogP contribution is 2.34. The first-order valence-corrected chi connectivity index (χ1v) is 30.7. The zero-order chi connectivity index (χ0) is 57.9. The summed E-state index contributed by atoms with van der Waals surface area (Å²) >= 11 is 4.71. The van der Waals surface area contributed by atoms with Gasteiger partial charge >= 0.3 is 0 Å².